The van der Waals surface area contributed by atoms with Crippen molar-refractivity contribution in [2.24, 2.45) is 0 Å². The summed E-state index contributed by atoms with van der Waals surface area (Å²) in [5.41, 5.74) is 1.85. The molecule has 2 aromatic heterocycles. The summed E-state index contributed by atoms with van der Waals surface area (Å²) in [4.78, 5) is 34.9. The number of amides is 2. The molecule has 0 aromatic carbocycles. The summed E-state index contributed by atoms with van der Waals surface area (Å²) in [6, 6.07) is 9.25. The first-order valence-corrected chi connectivity index (χ1v) is 10.4. The van der Waals surface area contributed by atoms with Gasteiger partial charge in [-0.05, 0) is 37.1 Å². The Morgan fingerprint density at radius 2 is 1.60 bits per heavy atom. The molecule has 0 saturated heterocycles. The topological polar surface area (TPSA) is 84.0 Å². The van der Waals surface area contributed by atoms with Crippen LogP contribution in [0.25, 0.3) is 0 Å². The van der Waals surface area contributed by atoms with Crippen LogP contribution in [0.15, 0.2) is 36.5 Å². The van der Waals surface area contributed by atoms with Crippen LogP contribution in [0, 0.1) is 0 Å². The first kappa shape index (κ1) is 21.9. The van der Waals surface area contributed by atoms with Crippen LogP contribution < -0.4 is 10.6 Å². The van der Waals surface area contributed by atoms with Crippen molar-refractivity contribution < 1.29 is 9.59 Å². The predicted molar refractivity (Wildman–Crippen MR) is 117 cm³/mol. The van der Waals surface area contributed by atoms with Crippen molar-refractivity contribution in [2.75, 3.05) is 0 Å². The van der Waals surface area contributed by atoms with Gasteiger partial charge in [0.25, 0.3) is 5.91 Å². The largest absolute Gasteiger partial charge is 0.348 e. The lowest BCUT2D eigenvalue weighted by Crippen LogP contribution is -2.49. The van der Waals surface area contributed by atoms with Gasteiger partial charge in [-0.1, -0.05) is 47.6 Å². The van der Waals surface area contributed by atoms with Crippen LogP contribution in [-0.2, 0) is 22.2 Å². The van der Waals surface area contributed by atoms with Crippen molar-refractivity contribution in [3.63, 3.8) is 0 Å². The highest BCUT2D eigenvalue weighted by Gasteiger charge is 2.51. The molecule has 0 radical (unpaired) electrons. The molecular weight excluding hydrogens is 376 g/mol. The maximum absolute atomic E-state index is 13.1. The number of nitrogens with zero attached hydrogens (tertiary/aromatic N) is 2. The Hall–Kier alpha value is -2.76. The number of aromatic nitrogens is 2. The minimum Gasteiger partial charge on any atom is -0.348 e. The van der Waals surface area contributed by atoms with Gasteiger partial charge in [0.15, 0.2) is 0 Å². The van der Waals surface area contributed by atoms with Gasteiger partial charge in [0, 0.05) is 34.0 Å². The van der Waals surface area contributed by atoms with Gasteiger partial charge >= 0.3 is 0 Å². The van der Waals surface area contributed by atoms with Crippen molar-refractivity contribution in [3.05, 3.63) is 59.2 Å². The van der Waals surface area contributed by atoms with Crippen molar-refractivity contribution in [2.45, 2.75) is 77.3 Å². The van der Waals surface area contributed by atoms with Crippen molar-refractivity contribution in [1.82, 2.24) is 20.6 Å². The lowest BCUT2D eigenvalue weighted by atomic mass is 9.86. The highest BCUT2D eigenvalue weighted by atomic mass is 16.2. The van der Waals surface area contributed by atoms with E-state index in [1.54, 1.807) is 6.20 Å². The monoisotopic (exact) mass is 408 g/mol. The second kappa shape index (κ2) is 7.82. The van der Waals surface area contributed by atoms with Gasteiger partial charge in [0.05, 0.1) is 12.2 Å². The van der Waals surface area contributed by atoms with E-state index < -0.39 is 5.54 Å². The molecule has 2 amide bonds. The normalized spacial score (nSPS) is 15.4. The molecule has 2 N–H and O–H groups in total. The molecule has 160 valence electrons. The van der Waals surface area contributed by atoms with E-state index in [0.717, 1.165) is 17.1 Å². The van der Waals surface area contributed by atoms with E-state index in [1.807, 2.05) is 30.3 Å². The summed E-state index contributed by atoms with van der Waals surface area (Å²) in [5.74, 6) is -0.401. The molecule has 1 fully saturated rings. The fraction of sp³-hybridized carbons (Fsp3) is 0.500. The Balaban J connectivity index is 1.77. The lowest BCUT2D eigenvalue weighted by Gasteiger charge is -2.25. The fourth-order valence-corrected chi connectivity index (χ4v) is 3.10. The molecular formula is C24H32N4O2. The van der Waals surface area contributed by atoms with Crippen molar-refractivity contribution in [3.8, 4) is 0 Å². The van der Waals surface area contributed by atoms with Crippen LogP contribution in [-0.4, -0.2) is 27.3 Å². The standard InChI is InChI=1S/C24H32N4O2/c1-22(2,3)18-13-16(14-19(27-18)23(4,5)6)20(29)28-24(10-11-24)21(30)26-15-17-9-7-8-12-25-17/h7-9,12-14H,10-11,15H2,1-6H3,(H,26,30)(H,28,29). The van der Waals surface area contributed by atoms with Gasteiger partial charge in [0.2, 0.25) is 5.91 Å². The first-order chi connectivity index (χ1) is 13.9. The zero-order valence-corrected chi connectivity index (χ0v) is 18.8. The number of rotatable bonds is 5. The molecule has 30 heavy (non-hydrogen) atoms. The Morgan fingerprint density at radius 1 is 1.00 bits per heavy atom. The number of pyridine rings is 2. The average molecular weight is 409 g/mol. The zero-order valence-electron chi connectivity index (χ0n) is 18.8. The van der Waals surface area contributed by atoms with E-state index in [1.165, 1.54) is 0 Å². The quantitative estimate of drug-likeness (QED) is 0.791. The van der Waals surface area contributed by atoms with E-state index in [2.05, 4.69) is 57.2 Å². The van der Waals surface area contributed by atoms with E-state index in [-0.39, 0.29) is 22.6 Å². The third kappa shape index (κ3) is 5.04. The predicted octanol–water partition coefficient (Wildman–Crippen LogP) is 3.65. The second-order valence-corrected chi connectivity index (χ2v) is 10.2. The van der Waals surface area contributed by atoms with Crippen LogP contribution in [0.5, 0.6) is 0 Å². The van der Waals surface area contributed by atoms with E-state index in [4.69, 9.17) is 4.98 Å². The maximum Gasteiger partial charge on any atom is 0.252 e. The Bertz CT molecular complexity index is 904. The fourth-order valence-electron chi connectivity index (χ4n) is 3.10. The summed E-state index contributed by atoms with van der Waals surface area (Å²) >= 11 is 0. The third-order valence-corrected chi connectivity index (χ3v) is 5.32. The minimum absolute atomic E-state index is 0.164. The van der Waals surface area contributed by atoms with Gasteiger partial charge in [0.1, 0.15) is 5.54 Å². The number of hydrogen-bond acceptors (Lipinski definition) is 4. The van der Waals surface area contributed by atoms with Gasteiger partial charge in [-0.3, -0.25) is 19.6 Å². The second-order valence-electron chi connectivity index (χ2n) is 10.2. The third-order valence-electron chi connectivity index (χ3n) is 5.32. The van der Waals surface area contributed by atoms with Gasteiger partial charge in [-0.2, -0.15) is 0 Å². The molecule has 1 saturated carbocycles. The molecule has 0 spiro atoms. The molecule has 3 rings (SSSR count). The van der Waals surface area contributed by atoms with Crippen LogP contribution >= 0.6 is 0 Å². The lowest BCUT2D eigenvalue weighted by molar-refractivity contribution is -0.124. The van der Waals surface area contributed by atoms with Crippen LogP contribution in [0.3, 0.4) is 0 Å². The molecule has 6 heteroatoms. The van der Waals surface area contributed by atoms with Crippen molar-refractivity contribution in [1.29, 1.82) is 0 Å². The van der Waals surface area contributed by atoms with E-state index in [9.17, 15) is 9.59 Å². The number of nitrogens with one attached hydrogen (secondary N) is 2. The SMILES string of the molecule is CC(C)(C)c1cc(C(=O)NC2(C(=O)NCc3ccccn3)CC2)cc(C(C)(C)C)n1. The van der Waals surface area contributed by atoms with Crippen molar-refractivity contribution >= 4 is 11.8 Å². The van der Waals surface area contributed by atoms with Gasteiger partial charge in [-0.15, -0.1) is 0 Å². The summed E-state index contributed by atoms with van der Waals surface area (Å²) in [6.45, 7) is 12.8. The Morgan fingerprint density at radius 3 is 2.07 bits per heavy atom. The molecule has 0 unspecified atom stereocenters. The van der Waals surface area contributed by atoms with Gasteiger partial charge in [-0.25, -0.2) is 0 Å². The summed E-state index contributed by atoms with van der Waals surface area (Å²) in [5, 5.41) is 5.88. The smallest absolute Gasteiger partial charge is 0.252 e. The maximum atomic E-state index is 13.1. The molecule has 0 atom stereocenters. The molecule has 6 nitrogen and oxygen atoms in total. The molecule has 1 aliphatic carbocycles. The number of carbonyl (C=O) groups excluding carboxylic acids is 2. The molecule has 0 bridgehead atoms. The summed E-state index contributed by atoms with van der Waals surface area (Å²) < 4.78 is 0. The summed E-state index contributed by atoms with van der Waals surface area (Å²) in [6.07, 6.45) is 2.96. The number of carbonyl (C=O) groups is 2. The molecule has 1 aliphatic rings. The zero-order chi connectivity index (χ0) is 22.2. The molecule has 2 aromatic rings. The molecule has 0 aliphatic heterocycles. The first-order valence-electron chi connectivity index (χ1n) is 10.4. The molecule has 2 heterocycles. The average Bonchev–Trinajstić information content (AvgIpc) is 3.46. The van der Waals surface area contributed by atoms with Crippen LogP contribution in [0.4, 0.5) is 0 Å². The van der Waals surface area contributed by atoms with E-state index >= 15 is 0 Å². The Labute approximate surface area is 178 Å². The van der Waals surface area contributed by atoms with E-state index in [0.29, 0.717) is 24.9 Å². The summed E-state index contributed by atoms with van der Waals surface area (Å²) in [7, 11) is 0. The Kier molecular flexibility index (Phi) is 5.72. The highest BCUT2D eigenvalue weighted by Crippen LogP contribution is 2.36. The highest BCUT2D eigenvalue weighted by molar-refractivity contribution is 6.00. The van der Waals surface area contributed by atoms with Gasteiger partial charge < -0.3 is 10.6 Å². The minimum atomic E-state index is -0.834. The van der Waals surface area contributed by atoms with Crippen LogP contribution in [0.1, 0.15) is 81.8 Å². The van der Waals surface area contributed by atoms with Crippen LogP contribution in [0.2, 0.25) is 0 Å². The number of hydrogen-bond donors (Lipinski definition) is 2.